The molecule has 4 heteroatoms. The van der Waals surface area contributed by atoms with Crippen molar-refractivity contribution >= 4 is 0 Å². The van der Waals surface area contributed by atoms with Crippen LogP contribution in [-0.2, 0) is 25.6 Å². The predicted octanol–water partition coefficient (Wildman–Crippen LogP) is 3.64. The van der Waals surface area contributed by atoms with E-state index in [0.717, 1.165) is 18.4 Å². The molecule has 1 aromatic carbocycles. The Morgan fingerprint density at radius 3 is 2.32 bits per heavy atom. The molecular formula is C18H26O4. The van der Waals surface area contributed by atoms with Crippen molar-refractivity contribution in [2.45, 2.75) is 77.0 Å². The van der Waals surface area contributed by atoms with E-state index in [-0.39, 0.29) is 24.1 Å². The van der Waals surface area contributed by atoms with Crippen molar-refractivity contribution in [1.29, 1.82) is 0 Å². The van der Waals surface area contributed by atoms with Gasteiger partial charge in [-0.15, -0.1) is 0 Å². The molecule has 2 aliphatic rings. The van der Waals surface area contributed by atoms with Crippen LogP contribution < -0.4 is 0 Å². The van der Waals surface area contributed by atoms with Gasteiger partial charge in [0, 0.05) is 0 Å². The number of rotatable bonds is 5. The average molecular weight is 306 g/mol. The fourth-order valence-electron chi connectivity index (χ4n) is 3.48. The summed E-state index contributed by atoms with van der Waals surface area (Å²) in [6, 6.07) is 10.2. The van der Waals surface area contributed by atoms with E-state index in [1.807, 2.05) is 32.0 Å². The molecule has 2 aliphatic heterocycles. The van der Waals surface area contributed by atoms with Crippen LogP contribution in [0.1, 0.15) is 46.1 Å². The summed E-state index contributed by atoms with van der Waals surface area (Å²) in [4.78, 5) is 0. The van der Waals surface area contributed by atoms with Crippen LogP contribution in [0.15, 0.2) is 30.3 Å². The monoisotopic (exact) mass is 306 g/mol. The van der Waals surface area contributed by atoms with E-state index >= 15 is 0 Å². The van der Waals surface area contributed by atoms with Crippen LogP contribution >= 0.6 is 0 Å². The first-order chi connectivity index (χ1) is 10.5. The van der Waals surface area contributed by atoms with E-state index < -0.39 is 5.79 Å². The third-order valence-electron chi connectivity index (χ3n) is 4.73. The summed E-state index contributed by atoms with van der Waals surface area (Å²) in [5.74, 6) is -0.614. The molecule has 0 N–H and O–H groups in total. The Morgan fingerprint density at radius 2 is 1.68 bits per heavy atom. The first kappa shape index (κ1) is 15.9. The lowest BCUT2D eigenvalue weighted by atomic mass is 9.89. The zero-order valence-electron chi connectivity index (χ0n) is 13.9. The SMILES string of the molecule is CCC1(CC)O[C@@H]2OC(C)(C)O[C@H]2C1OCc1ccccc1. The van der Waals surface area contributed by atoms with Crippen LogP contribution in [0.5, 0.6) is 0 Å². The lowest BCUT2D eigenvalue weighted by Crippen LogP contribution is -2.46. The van der Waals surface area contributed by atoms with Crippen molar-refractivity contribution in [1.82, 2.24) is 0 Å². The quantitative estimate of drug-likeness (QED) is 0.832. The normalized spacial score (nSPS) is 32.1. The van der Waals surface area contributed by atoms with Gasteiger partial charge in [0.2, 0.25) is 0 Å². The van der Waals surface area contributed by atoms with Gasteiger partial charge in [0.25, 0.3) is 0 Å². The summed E-state index contributed by atoms with van der Waals surface area (Å²) >= 11 is 0. The van der Waals surface area contributed by atoms with E-state index in [0.29, 0.717) is 6.61 Å². The Kier molecular flexibility index (Phi) is 4.29. The van der Waals surface area contributed by atoms with Crippen molar-refractivity contribution in [3.63, 3.8) is 0 Å². The number of ether oxygens (including phenoxy) is 4. The second kappa shape index (κ2) is 5.93. The van der Waals surface area contributed by atoms with Crippen LogP contribution in [0.4, 0.5) is 0 Å². The molecule has 22 heavy (non-hydrogen) atoms. The zero-order chi connectivity index (χ0) is 15.8. The summed E-state index contributed by atoms with van der Waals surface area (Å²) in [6.45, 7) is 8.66. The molecule has 2 heterocycles. The first-order valence-corrected chi connectivity index (χ1v) is 8.18. The van der Waals surface area contributed by atoms with Crippen molar-refractivity contribution in [2.24, 2.45) is 0 Å². The summed E-state index contributed by atoms with van der Waals surface area (Å²) in [6.07, 6.45) is 1.13. The zero-order valence-corrected chi connectivity index (χ0v) is 13.9. The molecule has 4 nitrogen and oxygen atoms in total. The third kappa shape index (κ3) is 2.81. The van der Waals surface area contributed by atoms with Gasteiger partial charge in [0.05, 0.1) is 12.2 Å². The average Bonchev–Trinajstić information content (AvgIpc) is 2.95. The molecule has 0 aliphatic carbocycles. The minimum atomic E-state index is -0.614. The van der Waals surface area contributed by atoms with Crippen LogP contribution in [0, 0.1) is 0 Å². The standard InChI is InChI=1S/C18H26O4/c1-5-18(6-2)15(19-12-13-10-8-7-9-11-13)14-16(22-18)21-17(3,4)20-14/h7-11,14-16H,5-6,12H2,1-4H3/t14-,15?,16-/m0/s1. The molecule has 0 amide bonds. The van der Waals surface area contributed by atoms with Crippen LogP contribution in [0.25, 0.3) is 0 Å². The van der Waals surface area contributed by atoms with Gasteiger partial charge in [-0.05, 0) is 32.3 Å². The lowest BCUT2D eigenvalue weighted by Gasteiger charge is -2.35. The molecule has 0 radical (unpaired) electrons. The van der Waals surface area contributed by atoms with E-state index in [2.05, 4.69) is 26.0 Å². The maximum Gasteiger partial charge on any atom is 0.190 e. The molecule has 0 aromatic heterocycles. The van der Waals surface area contributed by atoms with Crippen molar-refractivity contribution in [2.75, 3.05) is 0 Å². The van der Waals surface area contributed by atoms with Crippen LogP contribution in [0.3, 0.4) is 0 Å². The molecule has 2 saturated heterocycles. The van der Waals surface area contributed by atoms with E-state index in [9.17, 15) is 0 Å². The van der Waals surface area contributed by atoms with Gasteiger partial charge in [0.1, 0.15) is 12.2 Å². The van der Waals surface area contributed by atoms with Gasteiger partial charge < -0.3 is 18.9 Å². The topological polar surface area (TPSA) is 36.9 Å². The molecule has 0 saturated carbocycles. The second-order valence-electron chi connectivity index (χ2n) is 6.58. The minimum Gasteiger partial charge on any atom is -0.368 e. The molecular weight excluding hydrogens is 280 g/mol. The lowest BCUT2D eigenvalue weighted by molar-refractivity contribution is -0.246. The Hall–Kier alpha value is -0.940. The summed E-state index contributed by atoms with van der Waals surface area (Å²) < 4.78 is 24.4. The van der Waals surface area contributed by atoms with Gasteiger partial charge in [-0.2, -0.15) is 0 Å². The largest absolute Gasteiger partial charge is 0.368 e. The van der Waals surface area contributed by atoms with E-state index in [4.69, 9.17) is 18.9 Å². The molecule has 2 fully saturated rings. The summed E-state index contributed by atoms with van der Waals surface area (Å²) in [7, 11) is 0. The fraction of sp³-hybridized carbons (Fsp3) is 0.667. The highest BCUT2D eigenvalue weighted by Crippen LogP contribution is 2.46. The van der Waals surface area contributed by atoms with Crippen molar-refractivity contribution in [3.8, 4) is 0 Å². The molecule has 1 aromatic rings. The first-order valence-electron chi connectivity index (χ1n) is 8.18. The van der Waals surface area contributed by atoms with Gasteiger partial charge in [-0.3, -0.25) is 0 Å². The van der Waals surface area contributed by atoms with Gasteiger partial charge in [-0.1, -0.05) is 44.2 Å². The van der Waals surface area contributed by atoms with E-state index in [1.165, 1.54) is 0 Å². The maximum absolute atomic E-state index is 6.26. The molecule has 3 rings (SSSR count). The minimum absolute atomic E-state index is 0.116. The molecule has 122 valence electrons. The van der Waals surface area contributed by atoms with Gasteiger partial charge >= 0.3 is 0 Å². The molecule has 1 unspecified atom stereocenters. The van der Waals surface area contributed by atoms with Gasteiger partial charge in [-0.25, -0.2) is 0 Å². The van der Waals surface area contributed by atoms with Crippen LogP contribution in [-0.4, -0.2) is 29.9 Å². The fourth-order valence-corrected chi connectivity index (χ4v) is 3.48. The number of hydrogen-bond acceptors (Lipinski definition) is 4. The highest BCUT2D eigenvalue weighted by atomic mass is 16.8. The van der Waals surface area contributed by atoms with Crippen molar-refractivity contribution < 1.29 is 18.9 Å². The number of hydrogen-bond donors (Lipinski definition) is 0. The molecule has 0 bridgehead atoms. The third-order valence-corrected chi connectivity index (χ3v) is 4.73. The predicted molar refractivity (Wildman–Crippen MR) is 83.2 cm³/mol. The molecule has 0 spiro atoms. The summed E-state index contributed by atoms with van der Waals surface area (Å²) in [5.41, 5.74) is 0.825. The Balaban J connectivity index is 1.77. The molecule has 3 atom stereocenters. The number of fused-ring (bicyclic) bond motifs is 1. The second-order valence-corrected chi connectivity index (χ2v) is 6.58. The Bertz CT molecular complexity index is 495. The highest BCUT2D eigenvalue weighted by Gasteiger charge is 2.61. The summed E-state index contributed by atoms with van der Waals surface area (Å²) in [5, 5.41) is 0. The van der Waals surface area contributed by atoms with Crippen molar-refractivity contribution in [3.05, 3.63) is 35.9 Å². The van der Waals surface area contributed by atoms with E-state index in [1.54, 1.807) is 0 Å². The number of benzene rings is 1. The smallest absolute Gasteiger partial charge is 0.190 e. The Morgan fingerprint density at radius 1 is 1.00 bits per heavy atom. The van der Waals surface area contributed by atoms with Gasteiger partial charge in [0.15, 0.2) is 12.1 Å². The maximum atomic E-state index is 6.26. The Labute approximate surface area is 132 Å². The highest BCUT2D eigenvalue weighted by molar-refractivity contribution is 5.14. The van der Waals surface area contributed by atoms with Crippen LogP contribution in [0.2, 0.25) is 0 Å².